The molecule has 4 aliphatic rings. The Kier molecular flexibility index (Phi) is 3.08. The number of hydrogen-bond acceptors (Lipinski definition) is 0. The Hall–Kier alpha value is -3.64. The molecule has 0 aliphatic heterocycles. The van der Waals surface area contributed by atoms with Crippen LogP contribution >= 0.6 is 0 Å². The molecule has 0 bridgehead atoms. The molecule has 0 amide bonds. The summed E-state index contributed by atoms with van der Waals surface area (Å²) >= 11 is 0. The van der Waals surface area contributed by atoms with Gasteiger partial charge in [0.2, 0.25) is 0 Å². The minimum atomic E-state index is -0.0597. The van der Waals surface area contributed by atoms with Crippen LogP contribution in [0.3, 0.4) is 0 Å². The zero-order valence-electron chi connectivity index (χ0n) is 18.9. The van der Waals surface area contributed by atoms with Crippen molar-refractivity contribution in [2.75, 3.05) is 0 Å². The van der Waals surface area contributed by atoms with Crippen molar-refractivity contribution in [1.29, 1.82) is 0 Å². The van der Waals surface area contributed by atoms with Crippen molar-refractivity contribution in [3.63, 3.8) is 0 Å². The smallest absolute Gasteiger partial charge is 0.0506 e. The third-order valence-corrected chi connectivity index (χ3v) is 9.76. The lowest BCUT2D eigenvalue weighted by molar-refractivity contribution is 0.0895. The van der Waals surface area contributed by atoms with Crippen LogP contribution in [0.15, 0.2) is 109 Å². The molecule has 0 radical (unpaired) electrons. The Labute approximate surface area is 199 Å². The number of fused-ring (bicyclic) bond motifs is 16. The molecule has 0 heteroatoms. The van der Waals surface area contributed by atoms with E-state index in [-0.39, 0.29) is 5.41 Å². The highest BCUT2D eigenvalue weighted by atomic mass is 14.7. The summed E-state index contributed by atoms with van der Waals surface area (Å²) in [4.78, 5) is 0. The first-order valence-corrected chi connectivity index (χ1v) is 12.7. The van der Waals surface area contributed by atoms with E-state index in [1.165, 1.54) is 39.4 Å². The fourth-order valence-electron chi connectivity index (χ4n) is 8.75. The van der Waals surface area contributed by atoms with Crippen LogP contribution in [0.5, 0.6) is 0 Å². The van der Waals surface area contributed by atoms with Gasteiger partial charge in [-0.2, -0.15) is 0 Å². The molecule has 0 aromatic heterocycles. The average Bonchev–Trinajstić information content (AvgIpc) is 3.44. The molecule has 0 saturated heterocycles. The Morgan fingerprint density at radius 2 is 1.18 bits per heavy atom. The molecular formula is C34H24. The normalized spacial score (nSPS) is 28.6. The lowest BCUT2D eigenvalue weighted by Gasteiger charge is -2.53. The summed E-state index contributed by atoms with van der Waals surface area (Å²) in [7, 11) is 0. The minimum Gasteiger partial charge on any atom is -0.0620 e. The van der Waals surface area contributed by atoms with Crippen molar-refractivity contribution >= 4 is 10.8 Å². The zero-order valence-corrected chi connectivity index (χ0v) is 18.9. The molecule has 9 rings (SSSR count). The highest BCUT2D eigenvalue weighted by molar-refractivity contribution is 5.95. The molecule has 0 heterocycles. The van der Waals surface area contributed by atoms with Gasteiger partial charge in [-0.05, 0) is 97.5 Å². The van der Waals surface area contributed by atoms with Gasteiger partial charge in [0.15, 0.2) is 0 Å². The van der Waals surface area contributed by atoms with Crippen molar-refractivity contribution in [2.24, 2.45) is 11.8 Å². The summed E-state index contributed by atoms with van der Waals surface area (Å²) in [5, 5.41) is 2.70. The maximum Gasteiger partial charge on any atom is 0.0506 e. The molecule has 4 aliphatic carbocycles. The number of rotatable bonds is 0. The Bertz CT molecular complexity index is 1670. The molecule has 0 N–H and O–H groups in total. The van der Waals surface area contributed by atoms with E-state index in [1.54, 1.807) is 22.3 Å². The first-order chi connectivity index (χ1) is 16.9. The second kappa shape index (κ2) is 5.88. The van der Waals surface area contributed by atoms with Crippen LogP contribution in [0.4, 0.5) is 0 Å². The molecule has 5 aromatic carbocycles. The van der Waals surface area contributed by atoms with Gasteiger partial charge in [-0.1, -0.05) is 97.1 Å². The van der Waals surface area contributed by atoms with E-state index in [4.69, 9.17) is 0 Å². The quantitative estimate of drug-likeness (QED) is 0.234. The number of benzene rings is 5. The topological polar surface area (TPSA) is 0 Å². The van der Waals surface area contributed by atoms with E-state index < -0.39 is 0 Å². The summed E-state index contributed by atoms with van der Waals surface area (Å²) in [6.45, 7) is 0. The Morgan fingerprint density at radius 3 is 2.06 bits per heavy atom. The molecule has 34 heavy (non-hydrogen) atoms. The first-order valence-electron chi connectivity index (χ1n) is 12.7. The van der Waals surface area contributed by atoms with Crippen molar-refractivity contribution in [3.05, 3.63) is 143 Å². The van der Waals surface area contributed by atoms with E-state index in [2.05, 4.69) is 109 Å². The van der Waals surface area contributed by atoms with Gasteiger partial charge in [-0.15, -0.1) is 0 Å². The van der Waals surface area contributed by atoms with Crippen LogP contribution < -0.4 is 0 Å². The summed E-state index contributed by atoms with van der Waals surface area (Å²) in [6, 6.07) is 41.9. The van der Waals surface area contributed by atoms with Crippen LogP contribution in [-0.4, -0.2) is 0 Å². The number of hydrogen-bond donors (Lipinski definition) is 0. The van der Waals surface area contributed by atoms with Gasteiger partial charge in [0.1, 0.15) is 0 Å². The van der Waals surface area contributed by atoms with Gasteiger partial charge in [-0.3, -0.25) is 0 Å². The molecule has 1 fully saturated rings. The summed E-state index contributed by atoms with van der Waals surface area (Å²) in [5.41, 5.74) is 12.3. The largest absolute Gasteiger partial charge is 0.0620 e. The van der Waals surface area contributed by atoms with Gasteiger partial charge < -0.3 is 0 Å². The predicted molar refractivity (Wildman–Crippen MR) is 138 cm³/mol. The fraction of sp³-hybridized carbons (Fsp3) is 0.176. The van der Waals surface area contributed by atoms with Crippen LogP contribution in [-0.2, 0) is 11.8 Å². The SMILES string of the molecule is c1ccc2c(c1)C[C@H]1C3c4ccccc4C4(c5ccccc5-c5cc6ccccc6cc54)[C@H]3[C@@H]21. The second-order valence-corrected chi connectivity index (χ2v) is 10.8. The van der Waals surface area contributed by atoms with Crippen molar-refractivity contribution in [2.45, 2.75) is 23.7 Å². The third-order valence-electron chi connectivity index (χ3n) is 9.76. The molecule has 0 nitrogen and oxygen atoms in total. The molecule has 1 saturated carbocycles. The molecule has 1 spiro atoms. The van der Waals surface area contributed by atoms with Gasteiger partial charge in [-0.25, -0.2) is 0 Å². The molecule has 5 aromatic rings. The van der Waals surface area contributed by atoms with E-state index in [9.17, 15) is 0 Å². The minimum absolute atomic E-state index is 0.0597. The van der Waals surface area contributed by atoms with Crippen molar-refractivity contribution in [3.8, 4) is 11.1 Å². The van der Waals surface area contributed by atoms with E-state index in [0.717, 1.165) is 5.92 Å². The zero-order chi connectivity index (χ0) is 22.0. The standard InChI is InChI=1S/C34H24/c1-2-10-21-19-30-26(17-20(21)9-1)24-13-5-7-15-28(24)34(30)29-16-8-6-14-25(29)32-27-18-22-11-3-4-12-23(22)31(27)33(32)34/h1-17,19,27,31-33H,18H2/t27-,31+,32?,33+,34?/m1/s1. The van der Waals surface area contributed by atoms with Gasteiger partial charge in [0.25, 0.3) is 0 Å². The third kappa shape index (κ3) is 1.81. The monoisotopic (exact) mass is 432 g/mol. The van der Waals surface area contributed by atoms with E-state index >= 15 is 0 Å². The maximum atomic E-state index is 2.54. The average molecular weight is 433 g/mol. The highest BCUT2D eigenvalue weighted by Gasteiger charge is 2.69. The summed E-state index contributed by atoms with van der Waals surface area (Å²) in [5.74, 6) is 2.60. The fourth-order valence-corrected chi connectivity index (χ4v) is 8.75. The lowest BCUT2D eigenvalue weighted by Crippen LogP contribution is -2.48. The van der Waals surface area contributed by atoms with Gasteiger partial charge in [0, 0.05) is 0 Å². The molecule has 5 atom stereocenters. The highest BCUT2D eigenvalue weighted by Crippen LogP contribution is 2.77. The Balaban J connectivity index is 1.42. The second-order valence-electron chi connectivity index (χ2n) is 10.8. The van der Waals surface area contributed by atoms with Crippen molar-refractivity contribution < 1.29 is 0 Å². The summed E-state index contributed by atoms with van der Waals surface area (Å²) < 4.78 is 0. The summed E-state index contributed by atoms with van der Waals surface area (Å²) in [6.07, 6.45) is 1.23. The van der Waals surface area contributed by atoms with Crippen molar-refractivity contribution in [1.82, 2.24) is 0 Å². The van der Waals surface area contributed by atoms with E-state index in [0.29, 0.717) is 17.8 Å². The molecule has 160 valence electrons. The van der Waals surface area contributed by atoms with Gasteiger partial charge in [0.05, 0.1) is 5.41 Å². The lowest BCUT2D eigenvalue weighted by atomic mass is 9.49. The van der Waals surface area contributed by atoms with Crippen LogP contribution in [0, 0.1) is 11.8 Å². The van der Waals surface area contributed by atoms with Crippen LogP contribution in [0.2, 0.25) is 0 Å². The first kappa shape index (κ1) is 17.8. The van der Waals surface area contributed by atoms with Gasteiger partial charge >= 0.3 is 0 Å². The van der Waals surface area contributed by atoms with Crippen LogP contribution in [0.25, 0.3) is 21.9 Å². The van der Waals surface area contributed by atoms with E-state index in [1.807, 2.05) is 0 Å². The van der Waals surface area contributed by atoms with Crippen LogP contribution in [0.1, 0.15) is 45.2 Å². The maximum absolute atomic E-state index is 2.54. The predicted octanol–water partition coefficient (Wildman–Crippen LogP) is 7.84. The molecule has 2 unspecified atom stereocenters. The Morgan fingerprint density at radius 1 is 0.529 bits per heavy atom. The molecular weight excluding hydrogens is 408 g/mol.